The number of nitrogens with zero attached hydrogens (tertiary/aromatic N) is 1. The predicted molar refractivity (Wildman–Crippen MR) is 115 cm³/mol. The van der Waals surface area contributed by atoms with Crippen molar-refractivity contribution >= 4 is 17.3 Å². The summed E-state index contributed by atoms with van der Waals surface area (Å²) in [5.74, 6) is 0.876. The van der Waals surface area contributed by atoms with Crippen LogP contribution < -0.4 is 25.6 Å². The quantitative estimate of drug-likeness (QED) is 0.655. The van der Waals surface area contributed by atoms with Gasteiger partial charge in [-0.15, -0.1) is 0 Å². The lowest BCUT2D eigenvalue weighted by Gasteiger charge is -2.36. The first-order chi connectivity index (χ1) is 13.7. The number of carbonyl (C=O) groups is 1. The molecular formula is C22H30N4O2. The maximum Gasteiger partial charge on any atom is 0.253 e. The number of piperazine rings is 1. The highest BCUT2D eigenvalue weighted by Crippen LogP contribution is 2.28. The molecule has 0 bridgehead atoms. The van der Waals surface area contributed by atoms with Crippen LogP contribution in [-0.4, -0.2) is 51.8 Å². The number of methoxy groups -OCH3 is 1. The molecule has 1 fully saturated rings. The van der Waals surface area contributed by atoms with Crippen molar-refractivity contribution in [2.24, 2.45) is 0 Å². The lowest BCUT2D eigenvalue weighted by Crippen LogP contribution is -2.51. The summed E-state index contributed by atoms with van der Waals surface area (Å²) >= 11 is 0. The summed E-state index contributed by atoms with van der Waals surface area (Å²) in [6.07, 6.45) is 0.968. The highest BCUT2D eigenvalue weighted by atomic mass is 16.5. The zero-order valence-corrected chi connectivity index (χ0v) is 16.7. The second-order valence-electron chi connectivity index (χ2n) is 6.89. The molecule has 3 rings (SSSR count). The summed E-state index contributed by atoms with van der Waals surface area (Å²) < 4.78 is 5.52. The average molecular weight is 383 g/mol. The monoisotopic (exact) mass is 382 g/mol. The molecule has 0 radical (unpaired) electrons. The van der Waals surface area contributed by atoms with Gasteiger partial charge in [-0.25, -0.2) is 0 Å². The Morgan fingerprint density at radius 3 is 2.82 bits per heavy atom. The van der Waals surface area contributed by atoms with Gasteiger partial charge in [0, 0.05) is 44.5 Å². The number of hydrogen-bond acceptors (Lipinski definition) is 5. The molecule has 6 nitrogen and oxygen atoms in total. The van der Waals surface area contributed by atoms with Crippen LogP contribution in [0.5, 0.6) is 5.75 Å². The molecule has 0 aliphatic carbocycles. The van der Waals surface area contributed by atoms with Crippen LogP contribution in [0.15, 0.2) is 48.5 Å². The average Bonchev–Trinajstić information content (AvgIpc) is 2.74. The van der Waals surface area contributed by atoms with Crippen molar-refractivity contribution < 1.29 is 9.53 Å². The normalized spacial score (nSPS) is 16.5. The summed E-state index contributed by atoms with van der Waals surface area (Å²) in [6.45, 7) is 6.19. The number of anilines is 2. The molecule has 6 heteroatoms. The van der Waals surface area contributed by atoms with Crippen LogP contribution in [0.25, 0.3) is 0 Å². The molecule has 1 heterocycles. The molecule has 1 aliphatic heterocycles. The van der Waals surface area contributed by atoms with E-state index in [1.54, 1.807) is 7.11 Å². The summed E-state index contributed by atoms with van der Waals surface area (Å²) in [4.78, 5) is 14.6. The molecule has 3 N–H and O–H groups in total. The Morgan fingerprint density at radius 2 is 2.00 bits per heavy atom. The lowest BCUT2D eigenvalue weighted by atomic mass is 10.1. The van der Waals surface area contributed by atoms with E-state index in [-0.39, 0.29) is 5.91 Å². The van der Waals surface area contributed by atoms with E-state index < -0.39 is 0 Å². The third kappa shape index (κ3) is 4.95. The van der Waals surface area contributed by atoms with Crippen molar-refractivity contribution in [3.05, 3.63) is 54.1 Å². The maximum absolute atomic E-state index is 12.2. The molecule has 2 aromatic carbocycles. The first kappa shape index (κ1) is 20.0. The Labute approximate surface area is 167 Å². The largest absolute Gasteiger partial charge is 0.495 e. The van der Waals surface area contributed by atoms with Crippen LogP contribution in [0, 0.1) is 0 Å². The Morgan fingerprint density at radius 1 is 1.21 bits per heavy atom. The van der Waals surface area contributed by atoms with E-state index in [1.165, 1.54) is 0 Å². The summed E-state index contributed by atoms with van der Waals surface area (Å²) in [5.41, 5.74) is 2.72. The zero-order valence-electron chi connectivity index (χ0n) is 16.7. The lowest BCUT2D eigenvalue weighted by molar-refractivity contribution is 0.0956. The van der Waals surface area contributed by atoms with E-state index in [2.05, 4.69) is 33.0 Å². The topological polar surface area (TPSA) is 65.6 Å². The van der Waals surface area contributed by atoms with Gasteiger partial charge in [-0.3, -0.25) is 4.79 Å². The molecule has 0 spiro atoms. The van der Waals surface area contributed by atoms with Crippen LogP contribution in [-0.2, 0) is 0 Å². The first-order valence-corrected chi connectivity index (χ1v) is 9.95. The molecular weight excluding hydrogens is 352 g/mol. The molecule has 150 valence electrons. The van der Waals surface area contributed by atoms with Gasteiger partial charge in [0.15, 0.2) is 0 Å². The van der Waals surface area contributed by atoms with E-state index in [0.29, 0.717) is 18.2 Å². The smallest absolute Gasteiger partial charge is 0.253 e. The van der Waals surface area contributed by atoms with Crippen molar-refractivity contribution in [2.75, 3.05) is 50.1 Å². The van der Waals surface area contributed by atoms with Gasteiger partial charge in [0.1, 0.15) is 5.75 Å². The maximum atomic E-state index is 12.2. The van der Waals surface area contributed by atoms with Crippen LogP contribution in [0.2, 0.25) is 0 Å². The predicted octanol–water partition coefficient (Wildman–Crippen LogP) is 2.73. The molecule has 1 saturated heterocycles. The molecule has 0 saturated carbocycles. The fraction of sp³-hybridized carbons (Fsp3) is 0.409. The summed E-state index contributed by atoms with van der Waals surface area (Å²) in [6, 6.07) is 16.2. The van der Waals surface area contributed by atoms with E-state index in [4.69, 9.17) is 4.74 Å². The number of para-hydroxylation sites is 3. The van der Waals surface area contributed by atoms with Gasteiger partial charge in [0.2, 0.25) is 0 Å². The third-order valence-electron chi connectivity index (χ3n) is 5.00. The fourth-order valence-corrected chi connectivity index (χ4v) is 3.60. The Kier molecular flexibility index (Phi) is 7.14. The number of nitrogens with one attached hydrogen (secondary N) is 3. The number of benzene rings is 2. The Hall–Kier alpha value is -2.73. The van der Waals surface area contributed by atoms with Crippen molar-refractivity contribution in [3.63, 3.8) is 0 Å². The molecule has 1 aliphatic rings. The molecule has 1 unspecified atom stereocenters. The molecule has 2 aromatic rings. The SMILES string of the molecule is CCNC(=O)c1ccccc1NCCC1CN(c2ccccc2OC)CCN1. The highest BCUT2D eigenvalue weighted by molar-refractivity contribution is 5.99. The number of carbonyl (C=O) groups excluding carboxylic acids is 1. The van der Waals surface area contributed by atoms with Crippen molar-refractivity contribution in [3.8, 4) is 5.75 Å². The molecule has 0 aromatic heterocycles. The van der Waals surface area contributed by atoms with Gasteiger partial charge >= 0.3 is 0 Å². The van der Waals surface area contributed by atoms with Gasteiger partial charge in [0.05, 0.1) is 18.4 Å². The van der Waals surface area contributed by atoms with Gasteiger partial charge in [-0.2, -0.15) is 0 Å². The Bertz CT molecular complexity index is 781. The standard InChI is InChI=1S/C22H30N4O2/c1-3-23-22(27)18-8-4-5-9-19(18)25-13-12-17-16-26(15-14-24-17)20-10-6-7-11-21(20)28-2/h4-11,17,24-25H,3,12-16H2,1-2H3,(H,23,27). The minimum absolute atomic E-state index is 0.0382. The van der Waals surface area contributed by atoms with Crippen LogP contribution in [0.3, 0.4) is 0 Å². The van der Waals surface area contributed by atoms with E-state index >= 15 is 0 Å². The van der Waals surface area contributed by atoms with Crippen LogP contribution >= 0.6 is 0 Å². The van der Waals surface area contributed by atoms with Gasteiger partial charge in [0.25, 0.3) is 5.91 Å². The zero-order chi connectivity index (χ0) is 19.8. The van der Waals surface area contributed by atoms with E-state index in [1.807, 2.05) is 43.3 Å². The Balaban J connectivity index is 1.56. The van der Waals surface area contributed by atoms with Crippen molar-refractivity contribution in [2.45, 2.75) is 19.4 Å². The second-order valence-corrected chi connectivity index (χ2v) is 6.89. The molecule has 1 amide bonds. The molecule has 28 heavy (non-hydrogen) atoms. The van der Waals surface area contributed by atoms with E-state index in [0.717, 1.165) is 49.7 Å². The highest BCUT2D eigenvalue weighted by Gasteiger charge is 2.21. The van der Waals surface area contributed by atoms with Gasteiger partial charge < -0.3 is 25.6 Å². The van der Waals surface area contributed by atoms with Crippen LogP contribution in [0.4, 0.5) is 11.4 Å². The number of rotatable bonds is 8. The van der Waals surface area contributed by atoms with Gasteiger partial charge in [-0.1, -0.05) is 24.3 Å². The fourth-order valence-electron chi connectivity index (χ4n) is 3.60. The molecule has 1 atom stereocenters. The number of amides is 1. The van der Waals surface area contributed by atoms with Crippen LogP contribution in [0.1, 0.15) is 23.7 Å². The number of ether oxygens (including phenoxy) is 1. The van der Waals surface area contributed by atoms with E-state index in [9.17, 15) is 4.79 Å². The summed E-state index contributed by atoms with van der Waals surface area (Å²) in [7, 11) is 1.72. The minimum Gasteiger partial charge on any atom is -0.495 e. The van der Waals surface area contributed by atoms with Crippen molar-refractivity contribution in [1.29, 1.82) is 0 Å². The summed E-state index contributed by atoms with van der Waals surface area (Å²) in [5, 5.41) is 9.90. The third-order valence-corrected chi connectivity index (χ3v) is 5.00. The minimum atomic E-state index is -0.0382. The second kappa shape index (κ2) is 9.99. The van der Waals surface area contributed by atoms with Gasteiger partial charge in [-0.05, 0) is 37.6 Å². The number of hydrogen-bond donors (Lipinski definition) is 3. The van der Waals surface area contributed by atoms with Crippen molar-refractivity contribution in [1.82, 2.24) is 10.6 Å². The first-order valence-electron chi connectivity index (χ1n) is 9.95.